The normalized spacial score (nSPS) is 10.8. The van der Waals surface area contributed by atoms with E-state index in [0.29, 0.717) is 12.2 Å². The second-order valence-electron chi connectivity index (χ2n) is 4.36. The van der Waals surface area contributed by atoms with Crippen molar-refractivity contribution in [2.45, 2.75) is 26.3 Å². The maximum Gasteiger partial charge on any atom is 0.271 e. The van der Waals surface area contributed by atoms with Crippen LogP contribution in [0.2, 0.25) is 0 Å². The molecular formula is C13H17N3OS. The first-order chi connectivity index (χ1) is 8.66. The molecule has 0 aliphatic heterocycles. The summed E-state index contributed by atoms with van der Waals surface area (Å²) >= 11 is 1.71. The van der Waals surface area contributed by atoms with E-state index in [0.717, 1.165) is 6.42 Å². The zero-order valence-electron chi connectivity index (χ0n) is 10.6. The van der Waals surface area contributed by atoms with Crippen LogP contribution >= 0.6 is 11.3 Å². The average Bonchev–Trinajstić information content (AvgIpc) is 2.99. The molecule has 0 spiro atoms. The molecule has 0 radical (unpaired) electrons. The molecule has 1 N–H and O–H groups in total. The first kappa shape index (κ1) is 12.8. The van der Waals surface area contributed by atoms with Gasteiger partial charge in [-0.2, -0.15) is 5.10 Å². The molecule has 0 aromatic carbocycles. The molecule has 0 fully saturated rings. The lowest BCUT2D eigenvalue weighted by Crippen LogP contribution is -2.26. The number of amides is 1. The van der Waals surface area contributed by atoms with E-state index in [9.17, 15) is 4.79 Å². The van der Waals surface area contributed by atoms with E-state index in [1.807, 2.05) is 31.5 Å². The molecule has 1 amide bonds. The molecular weight excluding hydrogens is 246 g/mol. The third-order valence-electron chi connectivity index (χ3n) is 2.61. The van der Waals surface area contributed by atoms with E-state index in [4.69, 9.17) is 0 Å². The fraction of sp³-hybridized carbons (Fsp3) is 0.385. The van der Waals surface area contributed by atoms with Gasteiger partial charge < -0.3 is 5.32 Å². The van der Waals surface area contributed by atoms with Gasteiger partial charge in [0.25, 0.3) is 5.91 Å². The Kier molecular flexibility index (Phi) is 4.15. The van der Waals surface area contributed by atoms with E-state index in [2.05, 4.69) is 16.5 Å². The van der Waals surface area contributed by atoms with Crippen LogP contribution in [-0.2, 0) is 6.42 Å². The molecule has 5 heteroatoms. The predicted octanol–water partition coefficient (Wildman–Crippen LogP) is 2.50. The molecule has 0 aliphatic rings. The van der Waals surface area contributed by atoms with E-state index in [1.54, 1.807) is 22.1 Å². The second kappa shape index (κ2) is 5.82. The van der Waals surface area contributed by atoms with Crippen molar-refractivity contribution in [2.75, 3.05) is 6.54 Å². The summed E-state index contributed by atoms with van der Waals surface area (Å²) in [5.74, 6) is -0.106. The Hall–Kier alpha value is -1.62. The molecule has 0 bridgehead atoms. The summed E-state index contributed by atoms with van der Waals surface area (Å²) in [7, 11) is 0. The van der Waals surface area contributed by atoms with Crippen LogP contribution in [0.25, 0.3) is 0 Å². The Morgan fingerprint density at radius 2 is 2.33 bits per heavy atom. The van der Waals surface area contributed by atoms with E-state index in [1.165, 1.54) is 4.88 Å². The summed E-state index contributed by atoms with van der Waals surface area (Å²) in [5, 5.41) is 9.16. The topological polar surface area (TPSA) is 46.9 Å². The van der Waals surface area contributed by atoms with Crippen LogP contribution < -0.4 is 5.32 Å². The Morgan fingerprint density at radius 3 is 2.94 bits per heavy atom. The molecule has 18 heavy (non-hydrogen) atoms. The number of hydrogen-bond donors (Lipinski definition) is 1. The van der Waals surface area contributed by atoms with Gasteiger partial charge in [0, 0.05) is 23.7 Å². The zero-order chi connectivity index (χ0) is 13.0. The smallest absolute Gasteiger partial charge is 0.271 e. The lowest BCUT2D eigenvalue weighted by molar-refractivity contribution is 0.0948. The molecule has 0 aliphatic carbocycles. The molecule has 2 heterocycles. The Morgan fingerprint density at radius 1 is 1.50 bits per heavy atom. The minimum atomic E-state index is -0.106. The van der Waals surface area contributed by atoms with Crippen LogP contribution in [0.4, 0.5) is 0 Å². The van der Waals surface area contributed by atoms with Crippen LogP contribution in [0.3, 0.4) is 0 Å². The van der Waals surface area contributed by atoms with Gasteiger partial charge in [0.15, 0.2) is 0 Å². The molecule has 0 unspecified atom stereocenters. The molecule has 0 saturated heterocycles. The number of hydrogen-bond acceptors (Lipinski definition) is 3. The summed E-state index contributed by atoms with van der Waals surface area (Å²) in [6, 6.07) is 6.12. The van der Waals surface area contributed by atoms with E-state index in [-0.39, 0.29) is 11.9 Å². The molecule has 2 aromatic heterocycles. The molecule has 2 aromatic rings. The lowest BCUT2D eigenvalue weighted by Gasteiger charge is -2.04. The highest BCUT2D eigenvalue weighted by Gasteiger charge is 2.09. The van der Waals surface area contributed by atoms with Gasteiger partial charge in [-0.1, -0.05) is 6.07 Å². The maximum atomic E-state index is 11.8. The fourth-order valence-corrected chi connectivity index (χ4v) is 2.30. The highest BCUT2D eigenvalue weighted by molar-refractivity contribution is 7.09. The van der Waals surface area contributed by atoms with Crippen molar-refractivity contribution in [2.24, 2.45) is 0 Å². The van der Waals surface area contributed by atoms with Gasteiger partial charge in [-0.3, -0.25) is 9.48 Å². The zero-order valence-corrected chi connectivity index (χ0v) is 11.4. The van der Waals surface area contributed by atoms with Gasteiger partial charge in [-0.25, -0.2) is 0 Å². The molecule has 2 rings (SSSR count). The van der Waals surface area contributed by atoms with E-state index >= 15 is 0 Å². The monoisotopic (exact) mass is 263 g/mol. The van der Waals surface area contributed by atoms with Crippen LogP contribution in [0.5, 0.6) is 0 Å². The molecule has 96 valence electrons. The summed E-state index contributed by atoms with van der Waals surface area (Å²) in [4.78, 5) is 13.1. The number of carbonyl (C=O) groups excluding carboxylic acids is 1. The predicted molar refractivity (Wildman–Crippen MR) is 73.0 cm³/mol. The van der Waals surface area contributed by atoms with Crippen LogP contribution in [0.15, 0.2) is 29.8 Å². The van der Waals surface area contributed by atoms with Gasteiger partial charge in [-0.05, 0) is 37.8 Å². The number of carbonyl (C=O) groups is 1. The van der Waals surface area contributed by atoms with Crippen molar-refractivity contribution < 1.29 is 4.79 Å². The number of nitrogens with zero attached hydrogens (tertiary/aromatic N) is 2. The number of nitrogens with one attached hydrogen (secondary N) is 1. The van der Waals surface area contributed by atoms with Gasteiger partial charge >= 0.3 is 0 Å². The average molecular weight is 263 g/mol. The Labute approximate surface area is 111 Å². The first-order valence-corrected chi connectivity index (χ1v) is 6.90. The van der Waals surface area contributed by atoms with Gasteiger partial charge in [0.1, 0.15) is 5.69 Å². The van der Waals surface area contributed by atoms with Crippen molar-refractivity contribution in [3.05, 3.63) is 40.3 Å². The molecule has 0 saturated carbocycles. The maximum absolute atomic E-state index is 11.8. The molecule has 0 atom stereocenters. The standard InChI is InChI=1S/C13H17N3OS/c1-10(2)16-8-6-12(15-16)13(17)14-7-5-11-4-3-9-18-11/h3-4,6,8-10H,5,7H2,1-2H3,(H,14,17). The van der Waals surface area contributed by atoms with Crippen LogP contribution in [0.1, 0.15) is 35.3 Å². The highest BCUT2D eigenvalue weighted by Crippen LogP contribution is 2.08. The fourth-order valence-electron chi connectivity index (χ4n) is 1.59. The number of rotatable bonds is 5. The van der Waals surface area contributed by atoms with Crippen molar-refractivity contribution in [3.63, 3.8) is 0 Å². The minimum Gasteiger partial charge on any atom is -0.350 e. The Bertz CT molecular complexity index is 502. The highest BCUT2D eigenvalue weighted by atomic mass is 32.1. The van der Waals surface area contributed by atoms with Crippen LogP contribution in [-0.4, -0.2) is 22.2 Å². The van der Waals surface area contributed by atoms with Gasteiger partial charge in [0.05, 0.1) is 0 Å². The first-order valence-electron chi connectivity index (χ1n) is 6.02. The summed E-state index contributed by atoms with van der Waals surface area (Å²) in [6.07, 6.45) is 2.70. The summed E-state index contributed by atoms with van der Waals surface area (Å²) in [6.45, 7) is 4.71. The summed E-state index contributed by atoms with van der Waals surface area (Å²) < 4.78 is 1.79. The second-order valence-corrected chi connectivity index (χ2v) is 5.39. The minimum absolute atomic E-state index is 0.106. The lowest BCUT2D eigenvalue weighted by atomic mass is 10.3. The number of aromatic nitrogens is 2. The SMILES string of the molecule is CC(C)n1ccc(C(=O)NCCc2cccs2)n1. The molecule has 4 nitrogen and oxygen atoms in total. The van der Waals surface area contributed by atoms with Gasteiger partial charge in [0.2, 0.25) is 0 Å². The van der Waals surface area contributed by atoms with E-state index < -0.39 is 0 Å². The van der Waals surface area contributed by atoms with Crippen molar-refractivity contribution in [1.29, 1.82) is 0 Å². The number of thiophene rings is 1. The van der Waals surface area contributed by atoms with Crippen molar-refractivity contribution >= 4 is 17.2 Å². The third kappa shape index (κ3) is 3.20. The van der Waals surface area contributed by atoms with Crippen LogP contribution in [0, 0.1) is 0 Å². The third-order valence-corrected chi connectivity index (χ3v) is 3.54. The van der Waals surface area contributed by atoms with Crippen molar-refractivity contribution in [3.8, 4) is 0 Å². The van der Waals surface area contributed by atoms with Gasteiger partial charge in [-0.15, -0.1) is 11.3 Å². The largest absolute Gasteiger partial charge is 0.350 e. The Balaban J connectivity index is 1.83. The quantitative estimate of drug-likeness (QED) is 0.901. The van der Waals surface area contributed by atoms with Crippen molar-refractivity contribution in [1.82, 2.24) is 15.1 Å². The summed E-state index contributed by atoms with van der Waals surface area (Å²) in [5.41, 5.74) is 0.481.